The van der Waals surface area contributed by atoms with Crippen LogP contribution in [0.25, 0.3) is 0 Å². The third-order valence-corrected chi connectivity index (χ3v) is 3.45. The van der Waals surface area contributed by atoms with Gasteiger partial charge in [-0.1, -0.05) is 15.9 Å². The van der Waals surface area contributed by atoms with Crippen molar-refractivity contribution in [2.75, 3.05) is 18.5 Å². The number of fused-ring (bicyclic) bond motifs is 1. The lowest BCUT2D eigenvalue weighted by molar-refractivity contribution is 0.176. The van der Waals surface area contributed by atoms with Gasteiger partial charge in [0.05, 0.1) is 6.10 Å². The number of hydrogen-bond acceptors (Lipinski definition) is 2. The largest absolute Gasteiger partial charge is 0.393 e. The second kappa shape index (κ2) is 4.14. The van der Waals surface area contributed by atoms with E-state index in [9.17, 15) is 5.11 Å². The molecule has 0 spiro atoms. The number of rotatable bonds is 2. The van der Waals surface area contributed by atoms with Crippen LogP contribution in [0.1, 0.15) is 24.8 Å². The molecule has 2 nitrogen and oxygen atoms in total. The molecule has 0 radical (unpaired) electrons. The Hall–Kier alpha value is -0.540. The van der Waals surface area contributed by atoms with Crippen molar-refractivity contribution in [1.82, 2.24) is 0 Å². The molecule has 1 aliphatic rings. The molecule has 1 aromatic carbocycles. The van der Waals surface area contributed by atoms with Crippen LogP contribution in [0.5, 0.6) is 0 Å². The number of hydrogen-bond donors (Lipinski definition) is 1. The monoisotopic (exact) mass is 269 g/mol. The lowest BCUT2D eigenvalue weighted by Gasteiger charge is -2.13. The summed E-state index contributed by atoms with van der Waals surface area (Å²) in [5, 5.41) is 9.46. The summed E-state index contributed by atoms with van der Waals surface area (Å²) in [7, 11) is 2.11. The molecule has 1 heterocycles. The van der Waals surface area contributed by atoms with E-state index >= 15 is 0 Å². The normalized spacial score (nSPS) is 21.6. The number of anilines is 1. The Morgan fingerprint density at radius 1 is 1.60 bits per heavy atom. The Morgan fingerprint density at radius 3 is 3.00 bits per heavy atom. The highest BCUT2D eigenvalue weighted by Gasteiger charge is 2.27. The number of benzene rings is 1. The minimum absolute atomic E-state index is 0.228. The van der Waals surface area contributed by atoms with E-state index in [4.69, 9.17) is 0 Å². The third-order valence-electron chi connectivity index (χ3n) is 2.96. The fourth-order valence-corrected chi connectivity index (χ4v) is 2.72. The molecule has 1 aliphatic heterocycles. The van der Waals surface area contributed by atoms with Crippen LogP contribution >= 0.6 is 15.9 Å². The van der Waals surface area contributed by atoms with Gasteiger partial charge in [-0.2, -0.15) is 0 Å². The standard InChI is InChI=1S/C12H16BrNO/c1-8(15)5-9-7-14(2)12-4-3-10(13)6-11(9)12/h3-4,6,8-9,15H,5,7H2,1-2H3. The molecular formula is C12H16BrNO. The molecule has 3 heteroatoms. The minimum atomic E-state index is -0.228. The van der Waals surface area contributed by atoms with E-state index in [0.29, 0.717) is 5.92 Å². The van der Waals surface area contributed by atoms with Crippen molar-refractivity contribution in [3.8, 4) is 0 Å². The van der Waals surface area contributed by atoms with E-state index in [1.165, 1.54) is 11.3 Å². The summed E-state index contributed by atoms with van der Waals surface area (Å²) < 4.78 is 1.12. The maximum absolute atomic E-state index is 9.46. The van der Waals surface area contributed by atoms with Crippen LogP contribution in [0.4, 0.5) is 5.69 Å². The highest BCUT2D eigenvalue weighted by Crippen LogP contribution is 2.39. The van der Waals surface area contributed by atoms with Gasteiger partial charge in [0.1, 0.15) is 0 Å². The Balaban J connectivity index is 2.31. The van der Waals surface area contributed by atoms with Crippen molar-refractivity contribution in [3.63, 3.8) is 0 Å². The van der Waals surface area contributed by atoms with Gasteiger partial charge in [-0.25, -0.2) is 0 Å². The van der Waals surface area contributed by atoms with Crippen molar-refractivity contribution in [2.24, 2.45) is 0 Å². The number of aliphatic hydroxyl groups excluding tert-OH is 1. The zero-order valence-electron chi connectivity index (χ0n) is 9.07. The van der Waals surface area contributed by atoms with Crippen LogP contribution in [0.3, 0.4) is 0 Å². The van der Waals surface area contributed by atoms with E-state index in [1.54, 1.807) is 0 Å². The first-order chi connectivity index (χ1) is 7.08. The van der Waals surface area contributed by atoms with Gasteiger partial charge in [-0.15, -0.1) is 0 Å². The molecule has 2 rings (SSSR count). The smallest absolute Gasteiger partial charge is 0.0518 e. The van der Waals surface area contributed by atoms with Crippen molar-refractivity contribution < 1.29 is 5.11 Å². The molecule has 0 fully saturated rings. The number of halogens is 1. The van der Waals surface area contributed by atoms with Crippen molar-refractivity contribution in [2.45, 2.75) is 25.4 Å². The third kappa shape index (κ3) is 2.18. The predicted molar refractivity (Wildman–Crippen MR) is 66.5 cm³/mol. The molecule has 0 saturated heterocycles. The number of likely N-dealkylation sites (N-methyl/N-ethyl adjacent to an activating group) is 1. The summed E-state index contributed by atoms with van der Waals surface area (Å²) in [5.74, 6) is 0.461. The van der Waals surface area contributed by atoms with Crippen LogP contribution < -0.4 is 4.90 Å². The zero-order chi connectivity index (χ0) is 11.0. The van der Waals surface area contributed by atoms with E-state index < -0.39 is 0 Å². The Morgan fingerprint density at radius 2 is 2.33 bits per heavy atom. The van der Waals surface area contributed by atoms with Crippen molar-refractivity contribution >= 4 is 21.6 Å². The number of aliphatic hydroxyl groups is 1. The average molecular weight is 270 g/mol. The van der Waals surface area contributed by atoms with Gasteiger partial charge in [0, 0.05) is 29.7 Å². The predicted octanol–water partition coefficient (Wildman–Crippen LogP) is 2.75. The van der Waals surface area contributed by atoms with Gasteiger partial charge in [-0.05, 0) is 37.1 Å². The van der Waals surface area contributed by atoms with E-state index in [1.807, 2.05) is 6.92 Å². The second-order valence-electron chi connectivity index (χ2n) is 4.37. The van der Waals surface area contributed by atoms with Crippen molar-refractivity contribution in [1.29, 1.82) is 0 Å². The van der Waals surface area contributed by atoms with Crippen LogP contribution in [-0.4, -0.2) is 24.8 Å². The number of nitrogens with zero attached hydrogens (tertiary/aromatic N) is 1. The summed E-state index contributed by atoms with van der Waals surface area (Å²) in [6, 6.07) is 6.38. The minimum Gasteiger partial charge on any atom is -0.393 e. The first-order valence-electron chi connectivity index (χ1n) is 5.26. The molecular weight excluding hydrogens is 254 g/mol. The van der Waals surface area contributed by atoms with Crippen LogP contribution in [-0.2, 0) is 0 Å². The topological polar surface area (TPSA) is 23.5 Å². The second-order valence-corrected chi connectivity index (χ2v) is 5.28. The van der Waals surface area contributed by atoms with Crippen LogP contribution in [0.15, 0.2) is 22.7 Å². The molecule has 1 aromatic rings. The summed E-state index contributed by atoms with van der Waals surface area (Å²) in [5.41, 5.74) is 2.65. The average Bonchev–Trinajstić information content (AvgIpc) is 2.42. The highest BCUT2D eigenvalue weighted by atomic mass is 79.9. The fourth-order valence-electron chi connectivity index (χ4n) is 2.34. The van der Waals surface area contributed by atoms with Gasteiger partial charge in [0.15, 0.2) is 0 Å². The molecule has 0 saturated carbocycles. The maximum atomic E-state index is 9.46. The molecule has 82 valence electrons. The summed E-state index contributed by atoms with van der Waals surface area (Å²) in [6.07, 6.45) is 0.613. The Kier molecular flexibility index (Phi) is 3.03. The van der Waals surface area contributed by atoms with E-state index in [-0.39, 0.29) is 6.10 Å². The molecule has 2 atom stereocenters. The zero-order valence-corrected chi connectivity index (χ0v) is 10.7. The molecule has 0 bridgehead atoms. The SMILES string of the molecule is CC(O)CC1CN(C)c2ccc(Br)cc21. The van der Waals surface area contributed by atoms with E-state index in [2.05, 4.69) is 46.1 Å². The Bertz CT molecular complexity index is 363. The van der Waals surface area contributed by atoms with Crippen molar-refractivity contribution in [3.05, 3.63) is 28.2 Å². The van der Waals surface area contributed by atoms with Gasteiger partial charge in [0.25, 0.3) is 0 Å². The molecule has 0 aliphatic carbocycles. The summed E-state index contributed by atoms with van der Waals surface area (Å²) >= 11 is 3.50. The fraction of sp³-hybridized carbons (Fsp3) is 0.500. The van der Waals surface area contributed by atoms with Crippen LogP contribution in [0, 0.1) is 0 Å². The van der Waals surface area contributed by atoms with E-state index in [0.717, 1.165) is 17.4 Å². The maximum Gasteiger partial charge on any atom is 0.0518 e. The Labute approximate surface area is 99.0 Å². The molecule has 15 heavy (non-hydrogen) atoms. The van der Waals surface area contributed by atoms with Gasteiger partial charge in [0.2, 0.25) is 0 Å². The van der Waals surface area contributed by atoms with Gasteiger partial charge >= 0.3 is 0 Å². The molecule has 2 unspecified atom stereocenters. The first-order valence-corrected chi connectivity index (χ1v) is 6.06. The highest BCUT2D eigenvalue weighted by molar-refractivity contribution is 9.10. The quantitative estimate of drug-likeness (QED) is 0.893. The molecule has 0 amide bonds. The summed E-state index contributed by atoms with van der Waals surface area (Å²) in [4.78, 5) is 2.26. The van der Waals surface area contributed by atoms with Crippen LogP contribution in [0.2, 0.25) is 0 Å². The first kappa shape index (κ1) is 11.0. The summed E-state index contributed by atoms with van der Waals surface area (Å²) in [6.45, 7) is 2.87. The molecule has 0 aromatic heterocycles. The van der Waals surface area contributed by atoms with Gasteiger partial charge < -0.3 is 10.0 Å². The lowest BCUT2D eigenvalue weighted by Crippen LogP contribution is -2.17. The van der Waals surface area contributed by atoms with Gasteiger partial charge in [-0.3, -0.25) is 0 Å². The molecule has 1 N–H and O–H groups in total. The lowest BCUT2D eigenvalue weighted by atomic mass is 9.96.